The first-order chi connectivity index (χ1) is 13.2. The molecule has 0 aliphatic carbocycles. The summed E-state index contributed by atoms with van der Waals surface area (Å²) >= 11 is 0. The van der Waals surface area contributed by atoms with Crippen LogP contribution < -0.4 is 5.32 Å². The Kier molecular flexibility index (Phi) is 8.49. The van der Waals surface area contributed by atoms with Crippen molar-refractivity contribution in [2.24, 2.45) is 4.99 Å². The third-order valence-corrected chi connectivity index (χ3v) is 4.13. The first kappa shape index (κ1) is 21.9. The van der Waals surface area contributed by atoms with Crippen molar-refractivity contribution < 1.29 is 0 Å². The highest BCUT2D eigenvalue weighted by molar-refractivity contribution is 14.0. The molecule has 1 N–H and O–H groups in total. The number of rotatable bonds is 7. The Hall–Kier alpha value is -2.36. The van der Waals surface area contributed by atoms with E-state index in [0.717, 1.165) is 36.8 Å². The average molecular weight is 493 g/mol. The molecule has 150 valence electrons. The summed E-state index contributed by atoms with van der Waals surface area (Å²) in [5.74, 6) is 0.883. The Labute approximate surface area is 183 Å². The van der Waals surface area contributed by atoms with Crippen LogP contribution in [-0.2, 0) is 13.1 Å². The molecule has 0 aliphatic rings. The summed E-state index contributed by atoms with van der Waals surface area (Å²) in [7, 11) is 2.04. The van der Waals surface area contributed by atoms with Crippen LogP contribution in [-0.4, -0.2) is 50.6 Å². The van der Waals surface area contributed by atoms with E-state index in [4.69, 9.17) is 4.99 Å². The third kappa shape index (κ3) is 6.08. The molecule has 0 spiro atoms. The highest BCUT2D eigenvalue weighted by Crippen LogP contribution is 2.09. The Morgan fingerprint density at radius 1 is 1.14 bits per heavy atom. The maximum absolute atomic E-state index is 4.72. The zero-order chi connectivity index (χ0) is 19.1. The maximum atomic E-state index is 4.72. The van der Waals surface area contributed by atoms with E-state index in [0.29, 0.717) is 6.54 Å². The summed E-state index contributed by atoms with van der Waals surface area (Å²) < 4.78 is 3.82. The van der Waals surface area contributed by atoms with Gasteiger partial charge in [-0.05, 0) is 31.5 Å². The molecule has 0 amide bonds. The van der Waals surface area contributed by atoms with Crippen molar-refractivity contribution >= 4 is 29.9 Å². The van der Waals surface area contributed by atoms with Gasteiger partial charge in [0.15, 0.2) is 5.96 Å². The molecule has 0 saturated heterocycles. The van der Waals surface area contributed by atoms with Gasteiger partial charge in [0.1, 0.15) is 0 Å². The lowest BCUT2D eigenvalue weighted by molar-refractivity contribution is 0.474. The first-order valence-corrected chi connectivity index (χ1v) is 9.23. The Balaban J connectivity index is 0.00000280. The molecule has 0 saturated carbocycles. The van der Waals surface area contributed by atoms with Gasteiger partial charge in [-0.25, -0.2) is 4.68 Å². The normalized spacial score (nSPS) is 11.2. The van der Waals surface area contributed by atoms with Gasteiger partial charge in [0.05, 0.1) is 31.2 Å². The number of hydrogen-bond donors (Lipinski definition) is 1. The van der Waals surface area contributed by atoms with Crippen LogP contribution in [0.1, 0.15) is 18.1 Å². The van der Waals surface area contributed by atoms with Crippen molar-refractivity contribution in [1.82, 2.24) is 29.8 Å². The molecule has 3 aromatic rings. The van der Waals surface area contributed by atoms with Crippen molar-refractivity contribution in [2.75, 3.05) is 20.1 Å². The van der Waals surface area contributed by atoms with Gasteiger partial charge in [0, 0.05) is 38.1 Å². The van der Waals surface area contributed by atoms with Crippen LogP contribution in [0.3, 0.4) is 0 Å². The van der Waals surface area contributed by atoms with Gasteiger partial charge in [0.25, 0.3) is 0 Å². The first-order valence-electron chi connectivity index (χ1n) is 9.23. The minimum Gasteiger partial charge on any atom is -0.357 e. The number of nitrogens with zero attached hydrogens (tertiary/aromatic N) is 6. The molecular formula is C20H28IN7. The van der Waals surface area contributed by atoms with Gasteiger partial charge in [-0.1, -0.05) is 18.2 Å². The Morgan fingerprint density at radius 2 is 1.93 bits per heavy atom. The smallest absolute Gasteiger partial charge is 0.194 e. The van der Waals surface area contributed by atoms with Gasteiger partial charge >= 0.3 is 0 Å². The van der Waals surface area contributed by atoms with Crippen LogP contribution in [0.15, 0.2) is 60.1 Å². The summed E-state index contributed by atoms with van der Waals surface area (Å²) in [6.07, 6.45) is 7.86. The van der Waals surface area contributed by atoms with Crippen molar-refractivity contribution in [3.63, 3.8) is 0 Å². The number of halogens is 1. The zero-order valence-corrected chi connectivity index (χ0v) is 18.9. The number of aryl methyl sites for hydroxylation is 1. The molecule has 3 rings (SSSR count). The van der Waals surface area contributed by atoms with E-state index in [-0.39, 0.29) is 24.0 Å². The number of hydrogen-bond acceptors (Lipinski definition) is 3. The van der Waals surface area contributed by atoms with Crippen LogP contribution in [0, 0.1) is 6.92 Å². The largest absolute Gasteiger partial charge is 0.357 e. The monoisotopic (exact) mass is 493 g/mol. The predicted molar refractivity (Wildman–Crippen MR) is 123 cm³/mol. The summed E-state index contributed by atoms with van der Waals surface area (Å²) in [6, 6.07) is 10.1. The lowest BCUT2D eigenvalue weighted by atomic mass is 10.3. The molecule has 0 aliphatic heterocycles. The number of para-hydroxylation sites is 1. The molecule has 0 fully saturated rings. The molecule has 0 bridgehead atoms. The SMILES string of the molecule is CCNC(=NCCn1cc(C)cn1)N(C)Cc1cnn(-c2ccccc2)c1.I. The molecule has 2 aromatic heterocycles. The highest BCUT2D eigenvalue weighted by atomic mass is 127. The molecule has 1 aromatic carbocycles. The van der Waals surface area contributed by atoms with Crippen molar-refractivity contribution in [1.29, 1.82) is 0 Å². The van der Waals surface area contributed by atoms with Crippen LogP contribution in [0.2, 0.25) is 0 Å². The van der Waals surface area contributed by atoms with Gasteiger partial charge in [-0.15, -0.1) is 24.0 Å². The molecule has 0 radical (unpaired) electrons. The minimum absolute atomic E-state index is 0. The summed E-state index contributed by atoms with van der Waals surface area (Å²) in [5.41, 5.74) is 3.36. The van der Waals surface area contributed by atoms with Gasteiger partial charge < -0.3 is 10.2 Å². The van der Waals surface area contributed by atoms with Crippen molar-refractivity contribution in [3.05, 3.63) is 66.2 Å². The standard InChI is InChI=1S/C20H27N7.HI/c1-4-21-20(22-10-11-26-14-17(2)12-23-26)25(3)15-18-13-24-27(16-18)19-8-6-5-7-9-19;/h5-9,12-14,16H,4,10-11,15H2,1-3H3,(H,21,22);1H. The van der Waals surface area contributed by atoms with E-state index >= 15 is 0 Å². The molecule has 28 heavy (non-hydrogen) atoms. The van der Waals surface area contributed by atoms with Crippen LogP contribution in [0.5, 0.6) is 0 Å². The number of aliphatic imine (C=N–C) groups is 1. The average Bonchev–Trinajstić information content (AvgIpc) is 3.31. The van der Waals surface area contributed by atoms with E-state index in [1.165, 1.54) is 5.56 Å². The van der Waals surface area contributed by atoms with Crippen molar-refractivity contribution in [3.8, 4) is 5.69 Å². The number of benzene rings is 1. The van der Waals surface area contributed by atoms with Gasteiger partial charge in [-0.3, -0.25) is 9.67 Å². The fourth-order valence-corrected chi connectivity index (χ4v) is 2.83. The molecular weight excluding hydrogens is 465 g/mol. The fourth-order valence-electron chi connectivity index (χ4n) is 2.83. The molecule has 0 unspecified atom stereocenters. The molecule has 2 heterocycles. The third-order valence-electron chi connectivity index (χ3n) is 4.13. The van der Waals surface area contributed by atoms with E-state index in [2.05, 4.69) is 33.5 Å². The van der Waals surface area contributed by atoms with E-state index in [1.54, 1.807) is 0 Å². The lowest BCUT2D eigenvalue weighted by Crippen LogP contribution is -2.38. The Bertz CT molecular complexity index is 870. The number of nitrogens with one attached hydrogen (secondary N) is 1. The van der Waals surface area contributed by atoms with E-state index < -0.39 is 0 Å². The molecule has 8 heteroatoms. The Morgan fingerprint density at radius 3 is 2.61 bits per heavy atom. The predicted octanol–water partition coefficient (Wildman–Crippen LogP) is 3.09. The van der Waals surface area contributed by atoms with Gasteiger partial charge in [-0.2, -0.15) is 10.2 Å². The number of aromatic nitrogens is 4. The highest BCUT2D eigenvalue weighted by Gasteiger charge is 2.08. The summed E-state index contributed by atoms with van der Waals surface area (Å²) in [4.78, 5) is 6.84. The van der Waals surface area contributed by atoms with Crippen LogP contribution >= 0.6 is 24.0 Å². The molecule has 7 nitrogen and oxygen atoms in total. The van der Waals surface area contributed by atoms with Crippen LogP contribution in [0.25, 0.3) is 5.69 Å². The van der Waals surface area contributed by atoms with E-state index in [9.17, 15) is 0 Å². The topological polar surface area (TPSA) is 63.3 Å². The number of guanidine groups is 1. The quantitative estimate of drug-likeness (QED) is 0.312. The van der Waals surface area contributed by atoms with Crippen LogP contribution in [0.4, 0.5) is 0 Å². The zero-order valence-electron chi connectivity index (χ0n) is 16.6. The second-order valence-corrected chi connectivity index (χ2v) is 6.50. The second kappa shape index (κ2) is 10.8. The second-order valence-electron chi connectivity index (χ2n) is 6.50. The molecule has 0 atom stereocenters. The summed E-state index contributed by atoms with van der Waals surface area (Å²) in [6.45, 7) is 7.13. The maximum Gasteiger partial charge on any atom is 0.194 e. The minimum atomic E-state index is 0. The van der Waals surface area contributed by atoms with E-state index in [1.807, 2.05) is 72.3 Å². The van der Waals surface area contributed by atoms with Crippen molar-refractivity contribution in [2.45, 2.75) is 26.9 Å². The summed E-state index contributed by atoms with van der Waals surface area (Å²) in [5, 5.41) is 12.1. The lowest BCUT2D eigenvalue weighted by Gasteiger charge is -2.21. The fraction of sp³-hybridized carbons (Fsp3) is 0.350. The van der Waals surface area contributed by atoms with Gasteiger partial charge in [0.2, 0.25) is 0 Å².